The molecule has 0 saturated carbocycles. The van der Waals surface area contributed by atoms with Crippen LogP contribution in [0.1, 0.15) is 84.6 Å². The molecule has 3 aromatic rings. The van der Waals surface area contributed by atoms with Gasteiger partial charge in [-0.05, 0) is 96.2 Å². The first kappa shape index (κ1) is 33.1. The monoisotopic (exact) mass is 589 g/mol. The van der Waals surface area contributed by atoms with E-state index in [0.717, 1.165) is 74.2 Å². The molecule has 1 unspecified atom stereocenters. The number of alkyl halides is 6. The molecule has 1 N–H and O–H groups in total. The minimum Gasteiger partial charge on any atom is -0.387 e. The molecule has 0 spiro atoms. The van der Waals surface area contributed by atoms with Gasteiger partial charge in [0.2, 0.25) is 0 Å². The van der Waals surface area contributed by atoms with Crippen molar-refractivity contribution >= 4 is 24.3 Å². The molecule has 42 heavy (non-hydrogen) atoms. The van der Waals surface area contributed by atoms with E-state index in [1.807, 2.05) is 18.2 Å². The number of aliphatic hydroxyl groups is 1. The number of hydrogen-bond donors (Lipinski definition) is 1. The molecule has 0 fully saturated rings. The smallest absolute Gasteiger partial charge is 0.387 e. The van der Waals surface area contributed by atoms with Crippen LogP contribution in [0.2, 0.25) is 0 Å². The molecule has 1 atom stereocenters. The van der Waals surface area contributed by atoms with Crippen LogP contribution in [-0.2, 0) is 12.4 Å². The molecule has 226 valence electrons. The van der Waals surface area contributed by atoms with Crippen LogP contribution in [0.4, 0.5) is 26.3 Å². The highest BCUT2D eigenvalue weighted by atomic mass is 19.4. The second-order valence-corrected chi connectivity index (χ2v) is 10.4. The van der Waals surface area contributed by atoms with Crippen LogP contribution in [0.25, 0.3) is 24.3 Å². The lowest BCUT2D eigenvalue weighted by atomic mass is 9.99. The molecule has 0 heterocycles. The Morgan fingerprint density at radius 1 is 0.619 bits per heavy atom. The number of hydrogen-bond acceptors (Lipinski definition) is 2. The Kier molecular flexibility index (Phi) is 12.0. The third-order valence-electron chi connectivity index (χ3n) is 6.88. The summed E-state index contributed by atoms with van der Waals surface area (Å²) in [6.07, 6.45) is 1.45. The van der Waals surface area contributed by atoms with E-state index in [-0.39, 0.29) is 0 Å². The van der Waals surface area contributed by atoms with Crippen molar-refractivity contribution in [2.45, 2.75) is 58.0 Å². The van der Waals surface area contributed by atoms with Gasteiger partial charge in [-0.3, -0.25) is 0 Å². The summed E-state index contributed by atoms with van der Waals surface area (Å²) in [5, 5.41) is 11.2. The second kappa shape index (κ2) is 15.2. The van der Waals surface area contributed by atoms with Gasteiger partial charge in [0.05, 0.1) is 17.2 Å². The van der Waals surface area contributed by atoms with E-state index in [0.29, 0.717) is 23.2 Å². The van der Waals surface area contributed by atoms with Crippen molar-refractivity contribution in [1.82, 2.24) is 4.90 Å². The zero-order valence-electron chi connectivity index (χ0n) is 23.8. The van der Waals surface area contributed by atoms with Crippen LogP contribution >= 0.6 is 0 Å². The Hall–Kier alpha value is -3.36. The van der Waals surface area contributed by atoms with Crippen molar-refractivity contribution in [3.05, 3.63) is 106 Å². The molecular formula is C34H37F6NO. The van der Waals surface area contributed by atoms with Gasteiger partial charge in [0.25, 0.3) is 0 Å². The zero-order valence-corrected chi connectivity index (χ0v) is 23.8. The summed E-state index contributed by atoms with van der Waals surface area (Å²) in [6.45, 7) is 6.45. The lowest BCUT2D eigenvalue weighted by molar-refractivity contribution is -0.138. The quantitative estimate of drug-likeness (QED) is 0.158. The first-order chi connectivity index (χ1) is 19.9. The van der Waals surface area contributed by atoms with Gasteiger partial charge in [-0.1, -0.05) is 75.3 Å². The first-order valence-electron chi connectivity index (χ1n) is 14.1. The highest BCUT2D eigenvalue weighted by Crippen LogP contribution is 2.30. The van der Waals surface area contributed by atoms with Crippen molar-refractivity contribution in [1.29, 1.82) is 0 Å². The van der Waals surface area contributed by atoms with Crippen molar-refractivity contribution in [2.24, 2.45) is 0 Å². The maximum Gasteiger partial charge on any atom is 0.416 e. The molecule has 0 aliphatic rings. The number of rotatable bonds is 13. The Balaban J connectivity index is 1.90. The highest BCUT2D eigenvalue weighted by Gasteiger charge is 2.30. The SMILES string of the molecule is CCCCN(CCCC)CC(O)c1cc(/C=C/c2ccc(C(F)(F)F)cc2)cc(/C=C/c2ccc(C(F)(F)F)cc2)c1. The van der Waals surface area contributed by atoms with Gasteiger partial charge >= 0.3 is 12.4 Å². The predicted octanol–water partition coefficient (Wildman–Crippen LogP) is 10.0. The van der Waals surface area contributed by atoms with E-state index in [4.69, 9.17) is 0 Å². The van der Waals surface area contributed by atoms with E-state index in [2.05, 4.69) is 18.7 Å². The molecular weight excluding hydrogens is 552 g/mol. The van der Waals surface area contributed by atoms with Gasteiger partial charge in [0, 0.05) is 6.54 Å². The molecule has 0 radical (unpaired) electrons. The Labute approximate surface area is 244 Å². The van der Waals surface area contributed by atoms with Gasteiger partial charge in [0.1, 0.15) is 0 Å². The highest BCUT2D eigenvalue weighted by molar-refractivity contribution is 5.75. The van der Waals surface area contributed by atoms with Crippen LogP contribution in [-0.4, -0.2) is 29.6 Å². The summed E-state index contributed by atoms with van der Waals surface area (Å²) in [5.41, 5.74) is 1.85. The Morgan fingerprint density at radius 2 is 1.00 bits per heavy atom. The van der Waals surface area contributed by atoms with E-state index >= 15 is 0 Å². The molecule has 0 aliphatic carbocycles. The fourth-order valence-electron chi connectivity index (χ4n) is 4.45. The summed E-state index contributed by atoms with van der Waals surface area (Å²) >= 11 is 0. The summed E-state index contributed by atoms with van der Waals surface area (Å²) in [4.78, 5) is 2.25. The topological polar surface area (TPSA) is 23.5 Å². The molecule has 8 heteroatoms. The lowest BCUT2D eigenvalue weighted by Gasteiger charge is -2.25. The largest absolute Gasteiger partial charge is 0.416 e. The predicted molar refractivity (Wildman–Crippen MR) is 158 cm³/mol. The molecule has 0 saturated heterocycles. The van der Waals surface area contributed by atoms with Crippen LogP contribution in [0.15, 0.2) is 66.7 Å². The van der Waals surface area contributed by atoms with Gasteiger partial charge in [-0.25, -0.2) is 0 Å². The van der Waals surface area contributed by atoms with Crippen LogP contribution < -0.4 is 0 Å². The van der Waals surface area contributed by atoms with Crippen LogP contribution in [0, 0.1) is 0 Å². The molecule has 0 bridgehead atoms. The standard InChI is InChI=1S/C34H37F6NO/c1-3-5-19-41(20-6-4-2)24-32(42)29-22-27(9-7-25-11-15-30(16-12-25)33(35,36)37)21-28(23-29)10-8-26-13-17-31(18-14-26)34(38,39)40/h7-18,21-23,32,42H,3-6,19-20,24H2,1-2H3/b9-7+,10-8+. The maximum atomic E-state index is 12.9. The normalized spacial score (nSPS) is 13.5. The van der Waals surface area contributed by atoms with E-state index in [1.165, 1.54) is 24.3 Å². The van der Waals surface area contributed by atoms with Gasteiger partial charge in [0.15, 0.2) is 0 Å². The molecule has 3 aromatic carbocycles. The number of halogens is 6. The fourth-order valence-corrected chi connectivity index (χ4v) is 4.45. The lowest BCUT2D eigenvalue weighted by Crippen LogP contribution is -2.30. The van der Waals surface area contributed by atoms with Crippen molar-refractivity contribution in [2.75, 3.05) is 19.6 Å². The van der Waals surface area contributed by atoms with E-state index in [1.54, 1.807) is 24.3 Å². The number of unbranched alkanes of at least 4 members (excludes halogenated alkanes) is 2. The Bertz CT molecular complexity index is 1210. The van der Waals surface area contributed by atoms with Crippen molar-refractivity contribution in [3.63, 3.8) is 0 Å². The van der Waals surface area contributed by atoms with E-state index in [9.17, 15) is 31.4 Å². The minimum absolute atomic E-state index is 0.453. The van der Waals surface area contributed by atoms with Crippen LogP contribution in [0.3, 0.4) is 0 Å². The zero-order chi connectivity index (χ0) is 30.8. The molecule has 0 amide bonds. The number of aliphatic hydroxyl groups excluding tert-OH is 1. The van der Waals surface area contributed by atoms with Gasteiger partial charge in [-0.15, -0.1) is 0 Å². The van der Waals surface area contributed by atoms with Gasteiger partial charge in [-0.2, -0.15) is 26.3 Å². The van der Waals surface area contributed by atoms with Crippen molar-refractivity contribution < 1.29 is 31.4 Å². The fraction of sp³-hybridized carbons (Fsp3) is 0.353. The molecule has 0 aliphatic heterocycles. The first-order valence-corrected chi connectivity index (χ1v) is 14.1. The molecule has 3 rings (SSSR count). The summed E-state index contributed by atoms with van der Waals surface area (Å²) in [6, 6.07) is 15.2. The number of nitrogens with zero attached hydrogens (tertiary/aromatic N) is 1. The molecule has 2 nitrogen and oxygen atoms in total. The third-order valence-corrected chi connectivity index (χ3v) is 6.88. The Morgan fingerprint density at radius 3 is 1.36 bits per heavy atom. The summed E-state index contributed by atoms with van der Waals surface area (Å²) < 4.78 is 77.6. The average molecular weight is 590 g/mol. The van der Waals surface area contributed by atoms with Crippen molar-refractivity contribution in [3.8, 4) is 0 Å². The second-order valence-electron chi connectivity index (χ2n) is 10.4. The van der Waals surface area contributed by atoms with Gasteiger partial charge < -0.3 is 10.0 Å². The third kappa shape index (κ3) is 10.5. The van der Waals surface area contributed by atoms with E-state index < -0.39 is 29.6 Å². The number of benzene rings is 3. The molecule has 0 aromatic heterocycles. The minimum atomic E-state index is -4.41. The summed E-state index contributed by atoms with van der Waals surface area (Å²) in [5.74, 6) is 0. The van der Waals surface area contributed by atoms with Crippen LogP contribution in [0.5, 0.6) is 0 Å². The average Bonchev–Trinajstić information content (AvgIpc) is 2.95. The summed E-state index contributed by atoms with van der Waals surface area (Å²) in [7, 11) is 0. The maximum absolute atomic E-state index is 12.9.